The molecule has 0 fully saturated rings. The Morgan fingerprint density at radius 2 is 0.320 bits per heavy atom. The maximum atomic E-state index is 7.28. The van der Waals surface area contributed by atoms with E-state index in [9.17, 15) is 0 Å². The summed E-state index contributed by atoms with van der Waals surface area (Å²) in [5.74, 6) is 0. The molecule has 10 aromatic rings. The maximum Gasteiger partial charge on any atom is 0.128 e. The molecule has 1 nitrogen and oxygen atoms in total. The van der Waals surface area contributed by atoms with Crippen LogP contribution in [0.2, 0.25) is 0 Å². The molecule has 0 spiro atoms. The van der Waals surface area contributed by atoms with Gasteiger partial charge in [-0.2, -0.15) is 0 Å². The Kier molecular flexibility index (Phi) is 13.0. The summed E-state index contributed by atoms with van der Waals surface area (Å²) >= 11 is 0. The van der Waals surface area contributed by atoms with Crippen LogP contribution in [0.1, 0.15) is 0 Å². The van der Waals surface area contributed by atoms with Crippen LogP contribution in [-0.4, -0.2) is 220 Å². The first-order valence-electron chi connectivity index (χ1n) is 22.0. The second kappa shape index (κ2) is 18.1. The third-order valence-corrected chi connectivity index (χ3v) is 14.7. The lowest BCUT2D eigenvalue weighted by Gasteiger charge is -2.33. The molecule has 10 rings (SSSR count). The van der Waals surface area contributed by atoms with E-state index in [1.54, 1.807) is 0 Å². The summed E-state index contributed by atoms with van der Waals surface area (Å²) in [6, 6.07) is 0. The molecule has 9 aromatic carbocycles. The fraction of sp³-hybridized carbons (Fsp3) is 0. The predicted octanol–water partition coefficient (Wildman–Crippen LogP) is -20.6. The van der Waals surface area contributed by atoms with Gasteiger partial charge in [0.05, 0.1) is 0 Å². The van der Waals surface area contributed by atoms with E-state index in [2.05, 4.69) is 0 Å². The van der Waals surface area contributed by atoms with Gasteiger partial charge in [-0.15, -0.1) is 60.1 Å². The summed E-state index contributed by atoms with van der Waals surface area (Å²) in [5, 5.41) is 0.421. The number of hydrogen-bond acceptors (Lipinski definition) is 1. The van der Waals surface area contributed by atoms with Gasteiger partial charge in [-0.05, 0) is 76.5 Å². The minimum absolute atomic E-state index is 0.00543. The third kappa shape index (κ3) is 6.85. The van der Waals surface area contributed by atoms with Crippen molar-refractivity contribution in [3.8, 4) is 33.4 Å². The van der Waals surface area contributed by atoms with Crippen LogP contribution in [0.5, 0.6) is 0 Å². The molecule has 274 valence electrons. The van der Waals surface area contributed by atoms with Gasteiger partial charge in [0, 0.05) is 10.8 Å². The van der Waals surface area contributed by atoms with Crippen molar-refractivity contribution >= 4 is 438 Å². The lowest BCUT2D eigenvalue weighted by molar-refractivity contribution is 0.675. The molecule has 0 atom stereocenters. The van der Waals surface area contributed by atoms with Crippen molar-refractivity contribution in [1.29, 1.82) is 0 Å². The number of fused-ring (bicyclic) bond motifs is 8. The molecule has 29 heteroatoms. The maximum absolute atomic E-state index is 7.28. The molecule has 75 heavy (non-hydrogen) atoms. The van der Waals surface area contributed by atoms with Gasteiger partial charge in [0.25, 0.3) is 0 Å². The minimum Gasteiger partial charge on any atom is -0.457 e. The van der Waals surface area contributed by atoms with Crippen molar-refractivity contribution in [2.24, 2.45) is 0 Å². The van der Waals surface area contributed by atoms with E-state index < -0.39 is 0 Å². The quantitative estimate of drug-likeness (QED) is 0.0979. The Balaban J connectivity index is 1.49. The van der Waals surface area contributed by atoms with Gasteiger partial charge >= 0.3 is 0 Å². The van der Waals surface area contributed by atoms with Crippen molar-refractivity contribution < 1.29 is 4.42 Å². The van der Waals surface area contributed by atoms with Gasteiger partial charge in [-0.25, -0.2) is 0 Å². The number of rotatable bonds is 3. The molecule has 1 aromatic heterocycles. The molecule has 0 aliphatic heterocycles. The van der Waals surface area contributed by atoms with Crippen LogP contribution in [-0.2, 0) is 0 Å². The molecule has 1 heterocycles. The molecule has 0 bridgehead atoms. The summed E-state index contributed by atoms with van der Waals surface area (Å²) in [7, 11) is 190. The van der Waals surface area contributed by atoms with E-state index in [0.29, 0.717) is 0 Å². The highest BCUT2D eigenvalue weighted by atomic mass is 16.3. The van der Waals surface area contributed by atoms with Crippen LogP contribution in [0, 0.1) is 0 Å². The first kappa shape index (κ1) is 54.0. The van der Waals surface area contributed by atoms with Crippen LogP contribution < -0.4 is 153 Å². The molecule has 0 N–H and O–H groups in total. The van der Waals surface area contributed by atoms with E-state index in [1.807, 2.05) is 0 Å². The Labute approximate surface area is 472 Å². The lowest BCUT2D eigenvalue weighted by atomic mass is 9.55. The Hall–Kier alpha value is -4.36. The van der Waals surface area contributed by atoms with Crippen molar-refractivity contribution in [2.75, 3.05) is 0 Å². The fourth-order valence-electron chi connectivity index (χ4n) is 10.7. The zero-order valence-electron chi connectivity index (χ0n) is 39.6. The Morgan fingerprint density at radius 1 is 0.120 bits per heavy atom. The molecule has 0 aliphatic rings. The molecule has 0 saturated heterocycles. The molecule has 0 amide bonds. The van der Waals surface area contributed by atoms with Gasteiger partial charge in [-0.3, -0.25) is 0 Å². The summed E-state index contributed by atoms with van der Waals surface area (Å²) in [5.41, 5.74) is -5.05. The van der Waals surface area contributed by atoms with Crippen LogP contribution in [0.4, 0.5) is 0 Å². The number of furan rings is 1. The SMILES string of the molecule is [B]c1c([B])c(-c2c([B])c3c([B])c([B])c([B])c([B])c3c3c([B])c([B])c([B])c([B])c23)c([B])c([B])c1-c1c2c([B])c([B])c([B])c([B])c2c(-c2c([B])c([B])c([B])c3oc4c([B])c([B])c([B])c([B])c4c23)c2c([B])c([B])c([B])c([B])c12. The van der Waals surface area contributed by atoms with Crippen molar-refractivity contribution in [2.45, 2.75) is 0 Å². The smallest absolute Gasteiger partial charge is 0.128 e. The average Bonchev–Trinajstić information content (AvgIpc) is 3.84. The highest BCUT2D eigenvalue weighted by Gasteiger charge is 2.32. The molecule has 0 unspecified atom stereocenters. The Bertz CT molecular complexity index is 4330. The van der Waals surface area contributed by atoms with Crippen LogP contribution in [0.25, 0.3) is 98.4 Å². The fourth-order valence-corrected chi connectivity index (χ4v) is 10.7. The molecular weight excluding hydrogens is 871 g/mol. The first-order valence-corrected chi connectivity index (χ1v) is 22.0. The van der Waals surface area contributed by atoms with Crippen LogP contribution >= 0.6 is 0 Å². The molecular formula is C46B28O. The monoisotopic (exact) mass is 876 g/mol. The number of hydrogen-bond donors (Lipinski definition) is 0. The Morgan fingerprint density at radius 3 is 0.680 bits per heavy atom. The average molecular weight is 871 g/mol. The van der Waals surface area contributed by atoms with Crippen LogP contribution in [0.15, 0.2) is 4.42 Å². The largest absolute Gasteiger partial charge is 0.457 e. The highest BCUT2D eigenvalue weighted by Crippen LogP contribution is 2.43. The topological polar surface area (TPSA) is 13.1 Å². The lowest BCUT2D eigenvalue weighted by Crippen LogP contribution is -2.52. The molecule has 0 saturated carbocycles. The summed E-state index contributed by atoms with van der Waals surface area (Å²) < 4.78 is 6.33. The van der Waals surface area contributed by atoms with Crippen molar-refractivity contribution in [3.63, 3.8) is 0 Å². The highest BCUT2D eigenvalue weighted by molar-refractivity contribution is 6.78. The van der Waals surface area contributed by atoms with Gasteiger partial charge in [0.1, 0.15) is 231 Å². The zero-order chi connectivity index (χ0) is 55.3. The summed E-state index contributed by atoms with van der Waals surface area (Å²) in [6.45, 7) is 0. The number of benzene rings is 9. The minimum atomic E-state index is -0.295. The summed E-state index contributed by atoms with van der Waals surface area (Å²) in [4.78, 5) is 0. The first-order chi connectivity index (χ1) is 35.0. The standard InChI is InChI=1S/C46B28O/c47-17-10(8-9(24(54)37(67)36(66)23(8)53)11-14(17)30(60)39(69)38(68)25(11)55)15-28(58)26(56)13(27(57)29(15)59)2-5-3(18(48)32(62)34(64)20(5)50)1(4-6(2)21(51)35(65)33(63)19(4)49)7-12-16-31(61)40(70)42(72)44(74)46(16)75-45(12)43(73)41(71)22(7)52. The summed E-state index contributed by atoms with van der Waals surface area (Å²) in [6.07, 6.45) is 0. The molecule has 56 radical (unpaired) electrons. The van der Waals surface area contributed by atoms with Crippen LogP contribution in [0.3, 0.4) is 0 Å². The normalized spacial score (nSPS) is 11.9. The second-order valence-corrected chi connectivity index (χ2v) is 18.3. The van der Waals surface area contributed by atoms with E-state index >= 15 is 0 Å². The third-order valence-electron chi connectivity index (χ3n) is 14.7. The van der Waals surface area contributed by atoms with E-state index in [1.165, 1.54) is 0 Å². The molecule has 0 aliphatic carbocycles. The van der Waals surface area contributed by atoms with Gasteiger partial charge in [-0.1, -0.05) is 92.9 Å². The zero-order valence-corrected chi connectivity index (χ0v) is 39.6. The predicted molar refractivity (Wildman–Crippen MR) is 351 cm³/mol. The van der Waals surface area contributed by atoms with Gasteiger partial charge < -0.3 is 4.42 Å². The second-order valence-electron chi connectivity index (χ2n) is 18.3. The van der Waals surface area contributed by atoms with Crippen molar-refractivity contribution in [3.05, 3.63) is 0 Å². The van der Waals surface area contributed by atoms with E-state index in [4.69, 9.17) is 224 Å². The van der Waals surface area contributed by atoms with E-state index in [0.717, 1.165) is 0 Å². The van der Waals surface area contributed by atoms with E-state index in [-0.39, 0.29) is 251 Å². The van der Waals surface area contributed by atoms with Gasteiger partial charge in [0.15, 0.2) is 0 Å². The van der Waals surface area contributed by atoms with Crippen molar-refractivity contribution in [1.82, 2.24) is 0 Å². The van der Waals surface area contributed by atoms with Gasteiger partial charge in [0.2, 0.25) is 0 Å².